The monoisotopic (exact) mass is 531 g/mol. The van der Waals surface area contributed by atoms with E-state index in [9.17, 15) is 0 Å². The number of halogens is 1. The van der Waals surface area contributed by atoms with E-state index in [4.69, 9.17) is 14.2 Å². The van der Waals surface area contributed by atoms with E-state index in [1.807, 2.05) is 7.05 Å². The fourth-order valence-electron chi connectivity index (χ4n) is 4.05. The third-order valence-electron chi connectivity index (χ3n) is 6.27. The fourth-order valence-corrected chi connectivity index (χ4v) is 4.05. The molecule has 1 aliphatic carbocycles. The number of benzene rings is 1. The molecule has 1 unspecified atom stereocenters. The maximum atomic E-state index is 6.16. The number of hydrogen-bond acceptors (Lipinski definition) is 4. The Kier molecular flexibility index (Phi) is 10.7. The van der Waals surface area contributed by atoms with Crippen molar-refractivity contribution >= 4 is 29.9 Å². The van der Waals surface area contributed by atoms with Crippen LogP contribution in [0.1, 0.15) is 43.2 Å². The lowest BCUT2D eigenvalue weighted by Gasteiger charge is -2.42. The largest absolute Gasteiger partial charge is 0.493 e. The van der Waals surface area contributed by atoms with Crippen LogP contribution in [0.25, 0.3) is 0 Å². The molecule has 7 heteroatoms. The second-order valence-corrected chi connectivity index (χ2v) is 8.53. The minimum atomic E-state index is 0. The van der Waals surface area contributed by atoms with Crippen molar-refractivity contribution in [2.24, 2.45) is 16.3 Å². The van der Waals surface area contributed by atoms with Gasteiger partial charge in [-0.2, -0.15) is 0 Å². The van der Waals surface area contributed by atoms with E-state index in [-0.39, 0.29) is 24.0 Å². The first-order valence-electron chi connectivity index (χ1n) is 10.9. The summed E-state index contributed by atoms with van der Waals surface area (Å²) in [6.45, 7) is 6.91. The minimum Gasteiger partial charge on any atom is -0.493 e. The number of guanidine groups is 1. The summed E-state index contributed by atoms with van der Waals surface area (Å²) in [5.74, 6) is 2.29. The lowest BCUT2D eigenvalue weighted by Crippen LogP contribution is -2.46. The smallest absolute Gasteiger partial charge is 0.191 e. The van der Waals surface area contributed by atoms with Crippen LogP contribution in [0.15, 0.2) is 23.2 Å². The van der Waals surface area contributed by atoms with Crippen molar-refractivity contribution in [3.63, 3.8) is 0 Å². The van der Waals surface area contributed by atoms with Crippen molar-refractivity contribution in [3.8, 4) is 5.75 Å². The number of ether oxygens (including phenoxy) is 3. The van der Waals surface area contributed by atoms with Crippen molar-refractivity contribution in [1.82, 2.24) is 10.6 Å². The van der Waals surface area contributed by atoms with E-state index >= 15 is 0 Å². The Labute approximate surface area is 198 Å². The Morgan fingerprint density at radius 2 is 2.13 bits per heavy atom. The third-order valence-corrected chi connectivity index (χ3v) is 6.27. The van der Waals surface area contributed by atoms with Crippen LogP contribution in [-0.2, 0) is 16.0 Å². The second-order valence-electron chi connectivity index (χ2n) is 8.53. The summed E-state index contributed by atoms with van der Waals surface area (Å²) in [5, 5.41) is 6.98. The lowest BCUT2D eigenvalue weighted by atomic mass is 9.67. The van der Waals surface area contributed by atoms with Gasteiger partial charge >= 0.3 is 0 Å². The summed E-state index contributed by atoms with van der Waals surface area (Å²) < 4.78 is 16.9. The SMILES string of the molecule is CN=C(NCc1ccc(C)cc1OCC1CCOC1)NCC1(CCOC)CCC1.I. The normalized spacial score (nSPS) is 20.2. The summed E-state index contributed by atoms with van der Waals surface area (Å²) in [5.41, 5.74) is 2.71. The molecule has 1 aromatic carbocycles. The average Bonchev–Trinajstić information content (AvgIpc) is 3.22. The quantitative estimate of drug-likeness (QED) is 0.273. The lowest BCUT2D eigenvalue weighted by molar-refractivity contribution is 0.0732. The van der Waals surface area contributed by atoms with Gasteiger partial charge in [-0.15, -0.1) is 24.0 Å². The van der Waals surface area contributed by atoms with Crippen LogP contribution in [0, 0.1) is 18.3 Å². The molecular weight excluding hydrogens is 493 g/mol. The predicted molar refractivity (Wildman–Crippen MR) is 132 cm³/mol. The number of nitrogens with one attached hydrogen (secondary N) is 2. The molecule has 0 radical (unpaired) electrons. The van der Waals surface area contributed by atoms with Crippen LogP contribution in [0.2, 0.25) is 0 Å². The van der Waals surface area contributed by atoms with Crippen LogP contribution in [0.4, 0.5) is 0 Å². The Hall–Kier alpha value is -1.06. The maximum Gasteiger partial charge on any atom is 0.191 e. The molecule has 2 fully saturated rings. The zero-order chi connectivity index (χ0) is 20.5. The van der Waals surface area contributed by atoms with Crippen molar-refractivity contribution in [2.75, 3.05) is 47.1 Å². The van der Waals surface area contributed by atoms with Gasteiger partial charge in [0.1, 0.15) is 5.75 Å². The molecule has 30 heavy (non-hydrogen) atoms. The van der Waals surface area contributed by atoms with Crippen molar-refractivity contribution in [3.05, 3.63) is 29.3 Å². The van der Waals surface area contributed by atoms with Crippen molar-refractivity contribution < 1.29 is 14.2 Å². The van der Waals surface area contributed by atoms with Crippen LogP contribution in [0.5, 0.6) is 5.75 Å². The van der Waals surface area contributed by atoms with E-state index in [0.29, 0.717) is 24.5 Å². The van der Waals surface area contributed by atoms with Gasteiger partial charge < -0.3 is 24.8 Å². The molecule has 1 atom stereocenters. The van der Waals surface area contributed by atoms with Gasteiger partial charge in [0.05, 0.1) is 13.2 Å². The van der Waals surface area contributed by atoms with E-state index in [1.54, 1.807) is 7.11 Å². The molecule has 0 aromatic heterocycles. The molecule has 2 N–H and O–H groups in total. The van der Waals surface area contributed by atoms with Crippen LogP contribution >= 0.6 is 24.0 Å². The van der Waals surface area contributed by atoms with E-state index in [1.165, 1.54) is 24.8 Å². The highest BCUT2D eigenvalue weighted by Crippen LogP contribution is 2.43. The Balaban J connectivity index is 0.00000320. The minimum absolute atomic E-state index is 0. The molecule has 2 aliphatic rings. The highest BCUT2D eigenvalue weighted by molar-refractivity contribution is 14.0. The molecule has 1 aliphatic heterocycles. The number of aliphatic imine (C=N–C) groups is 1. The van der Waals surface area contributed by atoms with Crippen LogP contribution in [-0.4, -0.2) is 53.1 Å². The molecule has 1 saturated heterocycles. The van der Waals surface area contributed by atoms with Crippen molar-refractivity contribution in [1.29, 1.82) is 0 Å². The summed E-state index contributed by atoms with van der Waals surface area (Å²) in [4.78, 5) is 4.41. The fraction of sp³-hybridized carbons (Fsp3) is 0.696. The summed E-state index contributed by atoms with van der Waals surface area (Å²) in [6.07, 6.45) is 6.03. The zero-order valence-corrected chi connectivity index (χ0v) is 21.0. The number of rotatable bonds is 10. The summed E-state index contributed by atoms with van der Waals surface area (Å²) in [7, 11) is 3.60. The molecule has 6 nitrogen and oxygen atoms in total. The van der Waals surface area contributed by atoms with Gasteiger partial charge in [-0.05, 0) is 49.7 Å². The first-order chi connectivity index (χ1) is 14.1. The average molecular weight is 531 g/mol. The first kappa shape index (κ1) is 25.2. The van der Waals surface area contributed by atoms with Gasteiger partial charge in [-0.1, -0.05) is 18.6 Å². The van der Waals surface area contributed by atoms with Crippen LogP contribution in [0.3, 0.4) is 0 Å². The number of aryl methyl sites for hydroxylation is 1. The molecule has 0 spiro atoms. The third kappa shape index (κ3) is 7.27. The van der Waals surface area contributed by atoms with Crippen LogP contribution < -0.4 is 15.4 Å². The highest BCUT2D eigenvalue weighted by Gasteiger charge is 2.36. The molecule has 1 saturated carbocycles. The Morgan fingerprint density at radius 3 is 2.77 bits per heavy atom. The molecule has 1 aromatic rings. The van der Waals surface area contributed by atoms with Gasteiger partial charge in [0, 0.05) is 51.9 Å². The molecule has 0 bridgehead atoms. The standard InChI is InChI=1S/C23H37N3O3.HI/c1-18-5-6-20(21(13-18)29-16-19-7-11-28-15-19)14-25-22(24-2)26-17-23(8-4-9-23)10-12-27-3;/h5-6,13,19H,4,7-12,14-17H2,1-3H3,(H2,24,25,26);1H. The molecule has 3 rings (SSSR count). The highest BCUT2D eigenvalue weighted by atomic mass is 127. The van der Waals surface area contributed by atoms with Gasteiger partial charge in [-0.3, -0.25) is 4.99 Å². The number of hydrogen-bond donors (Lipinski definition) is 2. The maximum absolute atomic E-state index is 6.16. The van der Waals surface area contributed by atoms with Crippen molar-refractivity contribution in [2.45, 2.75) is 45.6 Å². The van der Waals surface area contributed by atoms with Gasteiger partial charge in [0.2, 0.25) is 0 Å². The Morgan fingerprint density at radius 1 is 1.30 bits per heavy atom. The van der Waals surface area contributed by atoms with E-state index in [2.05, 4.69) is 40.7 Å². The van der Waals surface area contributed by atoms with Gasteiger partial charge in [0.25, 0.3) is 0 Å². The topological polar surface area (TPSA) is 64.1 Å². The predicted octanol–water partition coefficient (Wildman–Crippen LogP) is 3.90. The van der Waals surface area contributed by atoms with Gasteiger partial charge in [-0.25, -0.2) is 0 Å². The zero-order valence-electron chi connectivity index (χ0n) is 18.7. The van der Waals surface area contributed by atoms with Gasteiger partial charge in [0.15, 0.2) is 5.96 Å². The summed E-state index contributed by atoms with van der Waals surface area (Å²) in [6, 6.07) is 6.39. The second kappa shape index (κ2) is 12.7. The molecular formula is C23H38IN3O3. The number of nitrogens with zero attached hydrogens (tertiary/aromatic N) is 1. The molecule has 1 heterocycles. The van der Waals surface area contributed by atoms with E-state index < -0.39 is 0 Å². The number of methoxy groups -OCH3 is 1. The van der Waals surface area contributed by atoms with E-state index in [0.717, 1.165) is 56.5 Å². The molecule has 0 amide bonds. The first-order valence-corrected chi connectivity index (χ1v) is 10.9. The molecule has 170 valence electrons. The summed E-state index contributed by atoms with van der Waals surface area (Å²) >= 11 is 0. The Bertz CT molecular complexity index is 674.